The lowest BCUT2D eigenvalue weighted by Crippen LogP contribution is -2.37. The highest BCUT2D eigenvalue weighted by molar-refractivity contribution is 7.89. The van der Waals surface area contributed by atoms with Gasteiger partial charge in [-0.25, -0.2) is 18.2 Å². The summed E-state index contributed by atoms with van der Waals surface area (Å²) < 4.78 is 28.6. The Morgan fingerprint density at radius 2 is 2.00 bits per heavy atom. The fraction of sp³-hybridized carbons (Fsp3) is 0.455. The minimum absolute atomic E-state index is 0.139. The average Bonchev–Trinajstić information content (AvgIpc) is 2.81. The summed E-state index contributed by atoms with van der Waals surface area (Å²) in [4.78, 5) is 30.1. The Morgan fingerprint density at radius 1 is 1.32 bits per heavy atom. The minimum Gasteiger partial charge on any atom is -0.313 e. The molecule has 0 saturated heterocycles. The van der Waals surface area contributed by atoms with E-state index in [1.807, 2.05) is 4.98 Å². The van der Waals surface area contributed by atoms with Gasteiger partial charge in [-0.15, -0.1) is 0 Å². The fourth-order valence-electron chi connectivity index (χ4n) is 1.90. The molecule has 0 aromatic carbocycles. The predicted molar refractivity (Wildman–Crippen MR) is 76.6 cm³/mol. The number of hydrogen-bond donors (Lipinski definition) is 3. The van der Waals surface area contributed by atoms with E-state index in [9.17, 15) is 18.0 Å². The van der Waals surface area contributed by atoms with Crippen molar-refractivity contribution in [2.45, 2.75) is 24.8 Å². The number of hydrogen-bond acceptors (Lipinski definition) is 6. The molecular weight excluding hydrogens is 312 g/mol. The highest BCUT2D eigenvalue weighted by Gasteiger charge is 2.28. The molecule has 120 valence electrons. The zero-order valence-electron chi connectivity index (χ0n) is 12.2. The van der Waals surface area contributed by atoms with Crippen LogP contribution in [0.3, 0.4) is 0 Å². The second-order valence-electron chi connectivity index (χ2n) is 5.02. The average molecular weight is 328 g/mol. The van der Waals surface area contributed by atoms with E-state index < -0.39 is 32.2 Å². The molecule has 0 spiro atoms. The topological polar surface area (TPSA) is 143 Å². The van der Waals surface area contributed by atoms with Gasteiger partial charge in [0.25, 0.3) is 5.56 Å². The highest BCUT2D eigenvalue weighted by atomic mass is 32.2. The lowest BCUT2D eigenvalue weighted by Gasteiger charge is -2.20. The minimum atomic E-state index is -4.14. The summed E-state index contributed by atoms with van der Waals surface area (Å²) in [7, 11) is -2.50. The van der Waals surface area contributed by atoms with Crippen LogP contribution >= 0.6 is 0 Å². The molecule has 0 fully saturated rings. The van der Waals surface area contributed by atoms with E-state index in [1.54, 1.807) is 20.9 Å². The molecule has 0 aliphatic rings. The van der Waals surface area contributed by atoms with Gasteiger partial charge in [0, 0.05) is 13.2 Å². The van der Waals surface area contributed by atoms with Crippen molar-refractivity contribution in [2.75, 3.05) is 0 Å². The van der Waals surface area contributed by atoms with Gasteiger partial charge in [0.2, 0.25) is 10.0 Å². The summed E-state index contributed by atoms with van der Waals surface area (Å²) >= 11 is 0. The number of sulfonamides is 1. The van der Waals surface area contributed by atoms with E-state index in [0.29, 0.717) is 5.82 Å². The first-order chi connectivity index (χ1) is 10.2. The summed E-state index contributed by atoms with van der Waals surface area (Å²) in [6, 6.07) is -0.677. The van der Waals surface area contributed by atoms with Gasteiger partial charge in [-0.1, -0.05) is 13.8 Å². The Hall–Kier alpha value is -2.27. The maximum atomic E-state index is 12.4. The molecule has 0 amide bonds. The van der Waals surface area contributed by atoms with Crippen molar-refractivity contribution < 1.29 is 8.42 Å². The van der Waals surface area contributed by atoms with Crippen LogP contribution in [0.25, 0.3) is 0 Å². The third-order valence-corrected chi connectivity index (χ3v) is 4.49. The van der Waals surface area contributed by atoms with Gasteiger partial charge in [0.15, 0.2) is 4.90 Å². The zero-order valence-corrected chi connectivity index (χ0v) is 13.0. The van der Waals surface area contributed by atoms with E-state index in [-0.39, 0.29) is 5.92 Å². The van der Waals surface area contributed by atoms with Crippen LogP contribution in [0.4, 0.5) is 0 Å². The number of aromatic nitrogens is 5. The number of H-pyrrole nitrogens is 2. The van der Waals surface area contributed by atoms with Gasteiger partial charge in [-0.3, -0.25) is 14.5 Å². The van der Waals surface area contributed by atoms with Gasteiger partial charge in [0.1, 0.15) is 12.2 Å². The Bertz CT molecular complexity index is 878. The number of rotatable bonds is 5. The molecule has 10 nitrogen and oxygen atoms in total. The van der Waals surface area contributed by atoms with Crippen LogP contribution in [0.15, 0.2) is 27.0 Å². The van der Waals surface area contributed by atoms with Crippen LogP contribution in [-0.4, -0.2) is 33.2 Å². The first-order valence-corrected chi connectivity index (χ1v) is 7.89. The maximum absolute atomic E-state index is 12.4. The molecule has 2 heterocycles. The number of nitrogens with one attached hydrogen (secondary N) is 3. The SMILES string of the molecule is CC(C)[C@@H](NS(=O)(=O)c1c[nH]c(=O)[nH]c1=O)c1ncnn1C. The third kappa shape index (κ3) is 3.14. The van der Waals surface area contributed by atoms with Crippen molar-refractivity contribution in [3.05, 3.63) is 39.2 Å². The molecule has 2 rings (SSSR count). The van der Waals surface area contributed by atoms with Gasteiger partial charge >= 0.3 is 5.69 Å². The predicted octanol–water partition coefficient (Wildman–Crippen LogP) is -1.13. The van der Waals surface area contributed by atoms with Crippen molar-refractivity contribution in [1.29, 1.82) is 0 Å². The van der Waals surface area contributed by atoms with Crippen molar-refractivity contribution >= 4 is 10.0 Å². The highest BCUT2D eigenvalue weighted by Crippen LogP contribution is 2.21. The van der Waals surface area contributed by atoms with Crippen LogP contribution in [0, 0.1) is 5.92 Å². The maximum Gasteiger partial charge on any atom is 0.325 e. The van der Waals surface area contributed by atoms with Gasteiger partial charge < -0.3 is 4.98 Å². The molecule has 0 aliphatic heterocycles. The molecule has 3 N–H and O–H groups in total. The molecule has 0 unspecified atom stereocenters. The Balaban J connectivity index is 2.43. The molecule has 2 aromatic rings. The van der Waals surface area contributed by atoms with Crippen LogP contribution in [-0.2, 0) is 17.1 Å². The van der Waals surface area contributed by atoms with Crippen LogP contribution in [0.5, 0.6) is 0 Å². The van der Waals surface area contributed by atoms with Gasteiger partial charge in [0.05, 0.1) is 6.04 Å². The molecular formula is C11H16N6O4S. The Morgan fingerprint density at radius 3 is 2.50 bits per heavy atom. The fourth-order valence-corrected chi connectivity index (χ4v) is 3.25. The van der Waals surface area contributed by atoms with Crippen LogP contribution in [0.1, 0.15) is 25.7 Å². The third-order valence-electron chi connectivity index (χ3n) is 3.05. The molecule has 0 aliphatic carbocycles. The molecule has 11 heteroatoms. The van der Waals surface area contributed by atoms with Crippen molar-refractivity contribution in [2.24, 2.45) is 13.0 Å². The zero-order chi connectivity index (χ0) is 16.5. The molecule has 0 saturated carbocycles. The number of nitrogens with zero attached hydrogens (tertiary/aromatic N) is 3. The standard InChI is InChI=1S/C11H16N6O4S/c1-6(2)8(9-13-5-14-17(9)3)16-22(20,21)7-4-12-11(19)15-10(7)18/h4-6,8,16H,1-3H3,(H2,12,15,18,19)/t8-/m1/s1. The van der Waals surface area contributed by atoms with E-state index in [4.69, 9.17) is 0 Å². The summed E-state index contributed by atoms with van der Waals surface area (Å²) in [5.74, 6) is 0.277. The van der Waals surface area contributed by atoms with E-state index in [2.05, 4.69) is 19.8 Å². The van der Waals surface area contributed by atoms with Gasteiger partial charge in [-0.2, -0.15) is 9.82 Å². The summed E-state index contributed by atoms with van der Waals surface area (Å²) in [5, 5.41) is 3.91. The monoisotopic (exact) mass is 328 g/mol. The molecule has 22 heavy (non-hydrogen) atoms. The first-order valence-electron chi connectivity index (χ1n) is 6.40. The molecule has 2 aromatic heterocycles. The first kappa shape index (κ1) is 16.1. The lowest BCUT2D eigenvalue weighted by atomic mass is 10.1. The number of aromatic amines is 2. The van der Waals surface area contributed by atoms with E-state index in [1.165, 1.54) is 11.0 Å². The van der Waals surface area contributed by atoms with Crippen molar-refractivity contribution in [3.8, 4) is 0 Å². The Labute approximate surface area is 125 Å². The normalized spacial score (nSPS) is 13.5. The largest absolute Gasteiger partial charge is 0.325 e. The van der Waals surface area contributed by atoms with Crippen LogP contribution < -0.4 is 16.0 Å². The van der Waals surface area contributed by atoms with Crippen LogP contribution in [0.2, 0.25) is 0 Å². The van der Waals surface area contributed by atoms with E-state index >= 15 is 0 Å². The van der Waals surface area contributed by atoms with Crippen molar-refractivity contribution in [3.63, 3.8) is 0 Å². The second kappa shape index (κ2) is 5.85. The molecule has 1 atom stereocenters. The smallest absolute Gasteiger partial charge is 0.313 e. The lowest BCUT2D eigenvalue weighted by molar-refractivity contribution is 0.428. The molecule has 0 bridgehead atoms. The summed E-state index contributed by atoms with van der Waals surface area (Å²) in [5.41, 5.74) is -1.77. The van der Waals surface area contributed by atoms with Crippen molar-refractivity contribution in [1.82, 2.24) is 29.5 Å². The Kier molecular flexibility index (Phi) is 4.28. The summed E-state index contributed by atoms with van der Waals surface area (Å²) in [6.07, 6.45) is 2.17. The van der Waals surface area contributed by atoms with E-state index in [0.717, 1.165) is 6.20 Å². The molecule has 0 radical (unpaired) electrons. The quantitative estimate of drug-likeness (QED) is 0.633. The number of aryl methyl sites for hydroxylation is 1. The summed E-state index contributed by atoms with van der Waals surface area (Å²) in [6.45, 7) is 3.61. The second-order valence-corrected chi connectivity index (χ2v) is 6.70. The van der Waals surface area contributed by atoms with Gasteiger partial charge in [-0.05, 0) is 5.92 Å².